The lowest BCUT2D eigenvalue weighted by Gasteiger charge is -2.31. The van der Waals surface area contributed by atoms with Gasteiger partial charge in [0.05, 0.1) is 13.2 Å². The van der Waals surface area contributed by atoms with E-state index in [1.165, 1.54) is 12.0 Å². The largest absolute Gasteiger partial charge is 0.382 e. The molecule has 1 aliphatic rings. The average molecular weight is 241 g/mol. The summed E-state index contributed by atoms with van der Waals surface area (Å²) in [5.41, 5.74) is 0.335. The third kappa shape index (κ3) is 2.56. The first-order chi connectivity index (χ1) is 7.86. The normalized spacial score (nSPS) is 20.2. The summed E-state index contributed by atoms with van der Waals surface area (Å²) in [4.78, 5) is 25.0. The second-order valence-corrected chi connectivity index (χ2v) is 4.53. The topological polar surface area (TPSA) is 55.8 Å². The number of imide groups is 1. The van der Waals surface area contributed by atoms with Crippen LogP contribution in [0.4, 0.5) is 0 Å². The van der Waals surface area contributed by atoms with Crippen molar-refractivity contribution in [3.05, 3.63) is 11.1 Å². The van der Waals surface area contributed by atoms with E-state index in [1.54, 1.807) is 27.9 Å². The SMILES string of the molecule is COCC(C)(CN1C(=O)C(C)=C(C)C1=O)OC. The fourth-order valence-corrected chi connectivity index (χ4v) is 1.77. The third-order valence-electron chi connectivity index (χ3n) is 3.13. The highest BCUT2D eigenvalue weighted by atomic mass is 16.5. The Labute approximate surface area is 101 Å². The van der Waals surface area contributed by atoms with Gasteiger partial charge in [0, 0.05) is 25.4 Å². The van der Waals surface area contributed by atoms with Gasteiger partial charge < -0.3 is 9.47 Å². The summed E-state index contributed by atoms with van der Waals surface area (Å²) in [6, 6.07) is 0. The van der Waals surface area contributed by atoms with Crippen LogP contribution in [0.1, 0.15) is 20.8 Å². The predicted octanol–water partition coefficient (Wildman–Crippen LogP) is 0.743. The van der Waals surface area contributed by atoms with Gasteiger partial charge in [0.2, 0.25) is 0 Å². The van der Waals surface area contributed by atoms with Crippen molar-refractivity contribution in [2.75, 3.05) is 27.4 Å². The number of carbonyl (C=O) groups excluding carboxylic acids is 2. The quantitative estimate of drug-likeness (QED) is 0.666. The van der Waals surface area contributed by atoms with Crippen molar-refractivity contribution in [3.63, 3.8) is 0 Å². The van der Waals surface area contributed by atoms with E-state index in [4.69, 9.17) is 9.47 Å². The summed E-state index contributed by atoms with van der Waals surface area (Å²) >= 11 is 0. The Bertz CT molecular complexity index is 351. The maximum absolute atomic E-state index is 11.9. The molecule has 0 aromatic heterocycles. The molecule has 1 rings (SSSR count). The molecule has 0 fully saturated rings. The van der Waals surface area contributed by atoms with Gasteiger partial charge in [-0.3, -0.25) is 14.5 Å². The van der Waals surface area contributed by atoms with E-state index >= 15 is 0 Å². The molecule has 1 aliphatic heterocycles. The number of hydrogen-bond donors (Lipinski definition) is 0. The highest BCUT2D eigenvalue weighted by Crippen LogP contribution is 2.23. The number of hydrogen-bond acceptors (Lipinski definition) is 4. The number of rotatable bonds is 5. The van der Waals surface area contributed by atoms with Crippen LogP contribution in [0.3, 0.4) is 0 Å². The fourth-order valence-electron chi connectivity index (χ4n) is 1.77. The van der Waals surface area contributed by atoms with Crippen molar-refractivity contribution in [2.24, 2.45) is 0 Å². The van der Waals surface area contributed by atoms with E-state index in [-0.39, 0.29) is 18.4 Å². The van der Waals surface area contributed by atoms with E-state index in [0.717, 1.165) is 0 Å². The van der Waals surface area contributed by atoms with Gasteiger partial charge in [0.15, 0.2) is 0 Å². The van der Waals surface area contributed by atoms with Crippen LogP contribution < -0.4 is 0 Å². The average Bonchev–Trinajstić information content (AvgIpc) is 2.47. The maximum atomic E-state index is 11.9. The molecule has 0 spiro atoms. The van der Waals surface area contributed by atoms with Crippen LogP contribution in [0.15, 0.2) is 11.1 Å². The summed E-state index contributed by atoms with van der Waals surface area (Å²) < 4.78 is 10.4. The lowest BCUT2D eigenvalue weighted by Crippen LogP contribution is -2.48. The van der Waals surface area contributed by atoms with Crippen molar-refractivity contribution in [1.82, 2.24) is 4.90 Å². The van der Waals surface area contributed by atoms with Crippen molar-refractivity contribution >= 4 is 11.8 Å². The number of nitrogens with zero attached hydrogens (tertiary/aromatic N) is 1. The molecular formula is C12H19NO4. The smallest absolute Gasteiger partial charge is 0.256 e. The molecule has 5 heteroatoms. The first kappa shape index (κ1) is 13.9. The maximum Gasteiger partial charge on any atom is 0.256 e. The molecule has 0 aliphatic carbocycles. The third-order valence-corrected chi connectivity index (χ3v) is 3.13. The monoisotopic (exact) mass is 241 g/mol. The van der Waals surface area contributed by atoms with Gasteiger partial charge in [-0.05, 0) is 20.8 Å². The molecule has 0 N–H and O–H groups in total. The second-order valence-electron chi connectivity index (χ2n) is 4.53. The summed E-state index contributed by atoms with van der Waals surface area (Å²) in [7, 11) is 3.09. The number of methoxy groups -OCH3 is 2. The zero-order valence-electron chi connectivity index (χ0n) is 11.0. The Morgan fingerprint density at radius 2 is 1.59 bits per heavy atom. The van der Waals surface area contributed by atoms with Gasteiger partial charge in [-0.1, -0.05) is 0 Å². The van der Waals surface area contributed by atoms with E-state index < -0.39 is 5.60 Å². The summed E-state index contributed by atoms with van der Waals surface area (Å²) in [5.74, 6) is -0.487. The Morgan fingerprint density at radius 1 is 1.12 bits per heavy atom. The van der Waals surface area contributed by atoms with Crippen LogP contribution in [0.25, 0.3) is 0 Å². The van der Waals surface area contributed by atoms with Crippen LogP contribution in [0, 0.1) is 0 Å². The van der Waals surface area contributed by atoms with E-state index in [1.807, 2.05) is 0 Å². The van der Waals surface area contributed by atoms with Gasteiger partial charge >= 0.3 is 0 Å². The van der Waals surface area contributed by atoms with Gasteiger partial charge in [-0.15, -0.1) is 0 Å². The minimum absolute atomic E-state index is 0.198. The molecule has 0 saturated carbocycles. The molecule has 0 saturated heterocycles. The Kier molecular flexibility index (Phi) is 4.06. The molecule has 0 aromatic rings. The Morgan fingerprint density at radius 3 is 1.94 bits per heavy atom. The van der Waals surface area contributed by atoms with Crippen molar-refractivity contribution < 1.29 is 19.1 Å². The molecule has 5 nitrogen and oxygen atoms in total. The molecule has 17 heavy (non-hydrogen) atoms. The van der Waals surface area contributed by atoms with Gasteiger partial charge in [0.1, 0.15) is 5.60 Å². The number of amides is 2. The first-order valence-corrected chi connectivity index (χ1v) is 5.44. The van der Waals surface area contributed by atoms with E-state index in [0.29, 0.717) is 17.8 Å². The van der Waals surface area contributed by atoms with Gasteiger partial charge in [0.25, 0.3) is 11.8 Å². The number of ether oxygens (including phenoxy) is 2. The van der Waals surface area contributed by atoms with Crippen LogP contribution in [-0.2, 0) is 19.1 Å². The number of carbonyl (C=O) groups is 2. The Balaban J connectivity index is 2.84. The minimum Gasteiger partial charge on any atom is -0.382 e. The molecule has 2 amide bonds. The summed E-state index contributed by atoms with van der Waals surface area (Å²) in [5, 5.41) is 0. The Hall–Kier alpha value is -1.20. The zero-order chi connectivity index (χ0) is 13.2. The summed E-state index contributed by atoms with van der Waals surface area (Å²) in [6.07, 6.45) is 0. The van der Waals surface area contributed by atoms with Crippen molar-refractivity contribution in [1.29, 1.82) is 0 Å². The van der Waals surface area contributed by atoms with Gasteiger partial charge in [-0.25, -0.2) is 0 Å². The lowest BCUT2D eigenvalue weighted by atomic mass is 10.1. The van der Waals surface area contributed by atoms with E-state index in [2.05, 4.69) is 0 Å². The lowest BCUT2D eigenvalue weighted by molar-refractivity contribution is -0.144. The zero-order valence-corrected chi connectivity index (χ0v) is 11.0. The molecule has 1 atom stereocenters. The fraction of sp³-hybridized carbons (Fsp3) is 0.667. The highest BCUT2D eigenvalue weighted by molar-refractivity contribution is 6.18. The second kappa shape index (κ2) is 4.98. The van der Waals surface area contributed by atoms with E-state index in [9.17, 15) is 9.59 Å². The van der Waals surface area contributed by atoms with Gasteiger partial charge in [-0.2, -0.15) is 0 Å². The summed E-state index contributed by atoms with van der Waals surface area (Å²) in [6.45, 7) is 5.65. The highest BCUT2D eigenvalue weighted by Gasteiger charge is 2.38. The first-order valence-electron chi connectivity index (χ1n) is 5.44. The van der Waals surface area contributed by atoms with Crippen LogP contribution in [-0.4, -0.2) is 49.7 Å². The van der Waals surface area contributed by atoms with Crippen molar-refractivity contribution in [2.45, 2.75) is 26.4 Å². The molecule has 0 aromatic carbocycles. The predicted molar refractivity (Wildman–Crippen MR) is 62.4 cm³/mol. The minimum atomic E-state index is -0.676. The van der Waals surface area contributed by atoms with Crippen molar-refractivity contribution in [3.8, 4) is 0 Å². The molecular weight excluding hydrogens is 222 g/mol. The standard InChI is InChI=1S/C12H19NO4/c1-8-9(2)11(15)13(10(8)14)6-12(3,17-5)7-16-4/h6-7H2,1-5H3. The molecule has 1 heterocycles. The van der Waals surface area contributed by atoms with Crippen LogP contribution >= 0.6 is 0 Å². The molecule has 1 unspecified atom stereocenters. The van der Waals surface area contributed by atoms with Crippen LogP contribution in [0.2, 0.25) is 0 Å². The van der Waals surface area contributed by atoms with Crippen LogP contribution in [0.5, 0.6) is 0 Å². The molecule has 0 radical (unpaired) electrons. The molecule has 96 valence electrons. The molecule has 0 bridgehead atoms.